The summed E-state index contributed by atoms with van der Waals surface area (Å²) in [6.07, 6.45) is -0.900. The highest BCUT2D eigenvalue weighted by molar-refractivity contribution is 5.64. The Balaban J connectivity index is 2.71. The second kappa shape index (κ2) is 6.23. The van der Waals surface area contributed by atoms with E-state index >= 15 is 0 Å². The Hall–Kier alpha value is -2.58. The summed E-state index contributed by atoms with van der Waals surface area (Å²) in [5, 5.41) is 16.2. The number of primary amides is 1. The number of ether oxygens (including phenoxy) is 1. The Morgan fingerprint density at radius 2 is 2.33 bits per heavy atom. The van der Waals surface area contributed by atoms with Gasteiger partial charge in [0.05, 0.1) is 11.5 Å². The zero-order valence-electron chi connectivity index (χ0n) is 9.67. The van der Waals surface area contributed by atoms with Crippen molar-refractivity contribution in [2.24, 2.45) is 5.73 Å². The zero-order valence-corrected chi connectivity index (χ0v) is 9.67. The quantitative estimate of drug-likeness (QED) is 0.383. The van der Waals surface area contributed by atoms with E-state index in [9.17, 15) is 14.9 Å². The molecule has 1 aromatic heterocycles. The maximum absolute atomic E-state index is 10.8. The van der Waals surface area contributed by atoms with Crippen molar-refractivity contribution in [3.63, 3.8) is 0 Å². The smallest absolute Gasteiger partial charge is 0.404 e. The molecule has 0 unspecified atom stereocenters. The van der Waals surface area contributed by atoms with Crippen LogP contribution in [0, 0.1) is 10.1 Å². The molecule has 0 aliphatic heterocycles. The van der Waals surface area contributed by atoms with Crippen LogP contribution in [-0.4, -0.2) is 36.2 Å². The molecule has 1 aromatic rings. The highest BCUT2D eigenvalue weighted by Gasteiger charge is 2.15. The fraction of sp³-hybridized carbons (Fsp3) is 0.333. The van der Waals surface area contributed by atoms with E-state index in [2.05, 4.69) is 20.4 Å². The number of amides is 1. The molecule has 1 amide bonds. The van der Waals surface area contributed by atoms with E-state index in [1.54, 1.807) is 7.05 Å². The lowest BCUT2D eigenvalue weighted by Crippen LogP contribution is -2.19. The summed E-state index contributed by atoms with van der Waals surface area (Å²) in [7, 11) is 1.65. The van der Waals surface area contributed by atoms with Crippen molar-refractivity contribution in [1.82, 2.24) is 4.98 Å². The molecule has 0 radical (unpaired) electrons. The number of pyridine rings is 1. The van der Waals surface area contributed by atoms with Crippen molar-refractivity contribution in [1.29, 1.82) is 0 Å². The molecule has 9 nitrogen and oxygen atoms in total. The predicted molar refractivity (Wildman–Crippen MR) is 64.5 cm³/mol. The molecule has 0 fully saturated rings. The number of nitrogens with one attached hydrogen (secondary N) is 2. The van der Waals surface area contributed by atoms with Crippen LogP contribution in [0.4, 0.5) is 22.1 Å². The van der Waals surface area contributed by atoms with E-state index in [0.717, 1.165) is 0 Å². The fourth-order valence-electron chi connectivity index (χ4n) is 1.19. The third kappa shape index (κ3) is 3.77. The monoisotopic (exact) mass is 255 g/mol. The molecule has 0 aromatic carbocycles. The van der Waals surface area contributed by atoms with Crippen LogP contribution < -0.4 is 16.4 Å². The molecule has 9 heteroatoms. The van der Waals surface area contributed by atoms with Gasteiger partial charge >= 0.3 is 11.8 Å². The minimum Gasteiger partial charge on any atom is -0.448 e. The van der Waals surface area contributed by atoms with E-state index in [-0.39, 0.29) is 24.7 Å². The molecule has 0 saturated heterocycles. The van der Waals surface area contributed by atoms with Crippen LogP contribution in [0.3, 0.4) is 0 Å². The maximum atomic E-state index is 10.8. The SMILES string of the molecule is CNc1ccc([N+](=O)[O-])c(NCCOC(N)=O)n1. The Bertz CT molecular complexity index is 451. The first-order chi connectivity index (χ1) is 8.54. The van der Waals surface area contributed by atoms with Gasteiger partial charge in [0.1, 0.15) is 12.4 Å². The van der Waals surface area contributed by atoms with Gasteiger partial charge in [0.2, 0.25) is 5.82 Å². The molecule has 18 heavy (non-hydrogen) atoms. The van der Waals surface area contributed by atoms with Crippen molar-refractivity contribution in [2.45, 2.75) is 0 Å². The molecule has 0 spiro atoms. The van der Waals surface area contributed by atoms with Gasteiger partial charge < -0.3 is 21.1 Å². The van der Waals surface area contributed by atoms with Gasteiger partial charge in [-0.25, -0.2) is 9.78 Å². The van der Waals surface area contributed by atoms with Gasteiger partial charge in [-0.15, -0.1) is 0 Å². The first-order valence-electron chi connectivity index (χ1n) is 5.04. The zero-order chi connectivity index (χ0) is 13.5. The van der Waals surface area contributed by atoms with Crippen LogP contribution in [0.25, 0.3) is 0 Å². The number of anilines is 2. The number of carbonyl (C=O) groups excluding carboxylic acids is 1. The second-order valence-corrected chi connectivity index (χ2v) is 3.17. The Labute approximate surface area is 102 Å². The van der Waals surface area contributed by atoms with Crippen LogP contribution in [-0.2, 0) is 4.74 Å². The van der Waals surface area contributed by atoms with Crippen molar-refractivity contribution in [3.05, 3.63) is 22.2 Å². The van der Waals surface area contributed by atoms with Crippen molar-refractivity contribution in [3.8, 4) is 0 Å². The van der Waals surface area contributed by atoms with Gasteiger partial charge in [-0.3, -0.25) is 10.1 Å². The summed E-state index contributed by atoms with van der Waals surface area (Å²) < 4.78 is 4.48. The number of rotatable bonds is 6. The Morgan fingerprint density at radius 1 is 1.61 bits per heavy atom. The molecule has 1 rings (SSSR count). The minimum absolute atomic E-state index is 0.00203. The van der Waals surface area contributed by atoms with Crippen LogP contribution in [0.2, 0.25) is 0 Å². The average Bonchev–Trinajstić information content (AvgIpc) is 2.33. The third-order valence-corrected chi connectivity index (χ3v) is 1.97. The minimum atomic E-state index is -0.900. The number of hydrogen-bond acceptors (Lipinski definition) is 7. The van der Waals surface area contributed by atoms with Gasteiger partial charge in [-0.1, -0.05) is 0 Å². The number of nitro groups is 1. The van der Waals surface area contributed by atoms with Gasteiger partial charge in [0.25, 0.3) is 0 Å². The van der Waals surface area contributed by atoms with E-state index in [1.807, 2.05) is 0 Å². The van der Waals surface area contributed by atoms with Gasteiger partial charge in [-0.05, 0) is 6.07 Å². The highest BCUT2D eigenvalue weighted by Crippen LogP contribution is 2.23. The second-order valence-electron chi connectivity index (χ2n) is 3.17. The first kappa shape index (κ1) is 13.5. The number of hydrogen-bond donors (Lipinski definition) is 3. The lowest BCUT2D eigenvalue weighted by Gasteiger charge is -2.07. The van der Waals surface area contributed by atoms with Crippen LogP contribution in [0.15, 0.2) is 12.1 Å². The number of nitrogens with zero attached hydrogens (tertiary/aromatic N) is 2. The lowest BCUT2D eigenvalue weighted by molar-refractivity contribution is -0.384. The molecule has 0 aliphatic rings. The lowest BCUT2D eigenvalue weighted by atomic mass is 10.3. The molecular weight excluding hydrogens is 242 g/mol. The maximum Gasteiger partial charge on any atom is 0.404 e. The van der Waals surface area contributed by atoms with Gasteiger partial charge in [-0.2, -0.15) is 0 Å². The van der Waals surface area contributed by atoms with Crippen molar-refractivity contribution < 1.29 is 14.5 Å². The number of aromatic nitrogens is 1. The largest absolute Gasteiger partial charge is 0.448 e. The molecule has 0 saturated carbocycles. The summed E-state index contributed by atoms with van der Waals surface area (Å²) in [6, 6.07) is 2.82. The van der Waals surface area contributed by atoms with E-state index in [1.165, 1.54) is 12.1 Å². The molecule has 1 heterocycles. The Kier molecular flexibility index (Phi) is 4.67. The van der Waals surface area contributed by atoms with Crippen molar-refractivity contribution in [2.75, 3.05) is 30.8 Å². The van der Waals surface area contributed by atoms with E-state index in [4.69, 9.17) is 5.73 Å². The number of nitrogens with two attached hydrogens (primary N) is 1. The van der Waals surface area contributed by atoms with Crippen LogP contribution in [0.1, 0.15) is 0 Å². The highest BCUT2D eigenvalue weighted by atomic mass is 16.6. The molecule has 0 bridgehead atoms. The normalized spacial score (nSPS) is 9.61. The molecule has 0 aliphatic carbocycles. The van der Waals surface area contributed by atoms with E-state index in [0.29, 0.717) is 5.82 Å². The van der Waals surface area contributed by atoms with Gasteiger partial charge in [0.15, 0.2) is 0 Å². The molecule has 0 atom stereocenters. The summed E-state index contributed by atoms with van der Waals surface area (Å²) in [5.74, 6) is 0.582. The Morgan fingerprint density at radius 3 is 2.89 bits per heavy atom. The predicted octanol–water partition coefficient (Wildman–Crippen LogP) is 0.539. The molecule has 4 N–H and O–H groups in total. The summed E-state index contributed by atoms with van der Waals surface area (Å²) in [5.41, 5.74) is 4.61. The fourth-order valence-corrected chi connectivity index (χ4v) is 1.19. The summed E-state index contributed by atoms with van der Waals surface area (Å²) in [6.45, 7) is 0.169. The third-order valence-electron chi connectivity index (χ3n) is 1.97. The molecular formula is C9H13N5O4. The first-order valence-corrected chi connectivity index (χ1v) is 5.04. The summed E-state index contributed by atoms with van der Waals surface area (Å²) >= 11 is 0. The van der Waals surface area contributed by atoms with Crippen molar-refractivity contribution >= 4 is 23.4 Å². The molecule has 98 valence electrons. The average molecular weight is 255 g/mol. The summed E-state index contributed by atoms with van der Waals surface area (Å²) in [4.78, 5) is 24.5. The van der Waals surface area contributed by atoms with Crippen LogP contribution >= 0.6 is 0 Å². The van der Waals surface area contributed by atoms with Crippen LogP contribution in [0.5, 0.6) is 0 Å². The standard InChI is InChI=1S/C9H13N5O4/c1-11-7-3-2-6(14(16)17)8(13-7)12-4-5-18-9(10)15/h2-3H,4-5H2,1H3,(H2,10,15)(H2,11,12,13). The van der Waals surface area contributed by atoms with Gasteiger partial charge in [0, 0.05) is 13.1 Å². The number of carbonyl (C=O) groups is 1. The van der Waals surface area contributed by atoms with E-state index < -0.39 is 11.0 Å². The topological polar surface area (TPSA) is 132 Å².